The standard InChI is InChI=1S/C24H26FN3O4/c25-18-9-7-16(8-10-18)17-13-21(32-23(14-17)31-12-4-3-11-29)24(30)26-15-22-27-19-5-1-2-6-20(19)28-22/h1-2,5-10,13,17,23,29H,3-4,11-12,14-15H2,(H,26,30)(H,27,28)/t17-,23+/m0/s1. The second-order valence-electron chi connectivity index (χ2n) is 7.66. The lowest BCUT2D eigenvalue weighted by atomic mass is 9.93. The Morgan fingerprint density at radius 1 is 1.22 bits per heavy atom. The summed E-state index contributed by atoms with van der Waals surface area (Å²) in [4.78, 5) is 20.5. The van der Waals surface area contributed by atoms with Crippen LogP contribution in [0.15, 0.2) is 60.4 Å². The Labute approximate surface area is 185 Å². The van der Waals surface area contributed by atoms with Crippen LogP contribution in [0.25, 0.3) is 11.0 Å². The van der Waals surface area contributed by atoms with E-state index in [1.54, 1.807) is 18.2 Å². The van der Waals surface area contributed by atoms with E-state index in [4.69, 9.17) is 14.6 Å². The predicted molar refractivity (Wildman–Crippen MR) is 117 cm³/mol. The molecule has 0 radical (unpaired) electrons. The lowest BCUT2D eigenvalue weighted by Crippen LogP contribution is -2.33. The number of fused-ring (bicyclic) bond motifs is 1. The normalized spacial score (nSPS) is 18.2. The van der Waals surface area contributed by atoms with Crippen molar-refractivity contribution in [2.45, 2.75) is 38.0 Å². The molecule has 4 rings (SSSR count). The first kappa shape index (κ1) is 22.0. The summed E-state index contributed by atoms with van der Waals surface area (Å²) in [6, 6.07) is 13.8. The maximum absolute atomic E-state index is 13.4. The van der Waals surface area contributed by atoms with E-state index in [0.29, 0.717) is 31.7 Å². The molecule has 1 amide bonds. The summed E-state index contributed by atoms with van der Waals surface area (Å²) in [6.07, 6.45) is 2.96. The van der Waals surface area contributed by atoms with Crippen LogP contribution in [0.4, 0.5) is 4.39 Å². The van der Waals surface area contributed by atoms with Gasteiger partial charge in [-0.3, -0.25) is 4.79 Å². The first-order valence-electron chi connectivity index (χ1n) is 10.7. The maximum Gasteiger partial charge on any atom is 0.286 e. The minimum absolute atomic E-state index is 0.0996. The van der Waals surface area contributed by atoms with Gasteiger partial charge in [-0.1, -0.05) is 24.3 Å². The first-order valence-corrected chi connectivity index (χ1v) is 10.7. The molecule has 0 bridgehead atoms. The molecule has 1 aromatic heterocycles. The number of carbonyl (C=O) groups excluding carboxylic acids is 1. The number of aromatic amines is 1. The Balaban J connectivity index is 1.45. The molecule has 0 aliphatic carbocycles. The highest BCUT2D eigenvalue weighted by Crippen LogP contribution is 2.31. The maximum atomic E-state index is 13.4. The highest BCUT2D eigenvalue weighted by molar-refractivity contribution is 5.91. The molecule has 1 aliphatic rings. The van der Waals surface area contributed by atoms with Crippen molar-refractivity contribution in [3.63, 3.8) is 0 Å². The Kier molecular flexibility index (Phi) is 7.14. The number of aliphatic hydroxyl groups excluding tert-OH is 1. The van der Waals surface area contributed by atoms with E-state index in [9.17, 15) is 9.18 Å². The van der Waals surface area contributed by atoms with E-state index in [1.165, 1.54) is 12.1 Å². The molecule has 32 heavy (non-hydrogen) atoms. The van der Waals surface area contributed by atoms with Crippen molar-refractivity contribution in [1.29, 1.82) is 0 Å². The smallest absolute Gasteiger partial charge is 0.286 e. The fourth-order valence-corrected chi connectivity index (χ4v) is 3.63. The molecule has 1 aliphatic heterocycles. The number of H-pyrrole nitrogens is 1. The number of hydrogen-bond acceptors (Lipinski definition) is 5. The quantitative estimate of drug-likeness (QED) is 0.444. The van der Waals surface area contributed by atoms with Crippen molar-refractivity contribution in [1.82, 2.24) is 15.3 Å². The van der Waals surface area contributed by atoms with Crippen LogP contribution in [-0.4, -0.2) is 40.5 Å². The van der Waals surface area contributed by atoms with Gasteiger partial charge in [-0.25, -0.2) is 9.37 Å². The minimum Gasteiger partial charge on any atom is -0.459 e. The third-order valence-corrected chi connectivity index (χ3v) is 5.29. The highest BCUT2D eigenvalue weighted by atomic mass is 19.1. The highest BCUT2D eigenvalue weighted by Gasteiger charge is 2.28. The van der Waals surface area contributed by atoms with Crippen LogP contribution in [0.5, 0.6) is 0 Å². The van der Waals surface area contributed by atoms with Gasteiger partial charge in [0.1, 0.15) is 11.6 Å². The summed E-state index contributed by atoms with van der Waals surface area (Å²) in [5.41, 5.74) is 2.61. The number of unbranched alkanes of at least 4 members (excludes halogenated alkanes) is 1. The molecule has 7 nitrogen and oxygen atoms in total. The molecule has 168 valence electrons. The SMILES string of the molecule is O=C(NCc1nc2ccccc2[nH]1)C1=C[C@H](c2ccc(F)cc2)C[C@H](OCCCCO)O1. The molecule has 0 fully saturated rings. The van der Waals surface area contributed by atoms with Crippen LogP contribution in [0.1, 0.15) is 36.6 Å². The van der Waals surface area contributed by atoms with Gasteiger partial charge in [0.25, 0.3) is 5.91 Å². The molecule has 0 spiro atoms. The number of aliphatic hydroxyl groups is 1. The fraction of sp³-hybridized carbons (Fsp3) is 0.333. The monoisotopic (exact) mass is 439 g/mol. The van der Waals surface area contributed by atoms with Crippen LogP contribution in [0.3, 0.4) is 0 Å². The molecule has 3 N–H and O–H groups in total. The largest absolute Gasteiger partial charge is 0.459 e. The summed E-state index contributed by atoms with van der Waals surface area (Å²) in [5, 5.41) is 11.8. The zero-order valence-corrected chi connectivity index (χ0v) is 17.6. The fourth-order valence-electron chi connectivity index (χ4n) is 3.63. The van der Waals surface area contributed by atoms with Crippen molar-refractivity contribution < 1.29 is 23.8 Å². The number of nitrogens with zero attached hydrogens (tertiary/aromatic N) is 1. The number of carbonyl (C=O) groups is 1. The lowest BCUT2D eigenvalue weighted by molar-refractivity contribution is -0.146. The third kappa shape index (κ3) is 5.52. The van der Waals surface area contributed by atoms with E-state index in [0.717, 1.165) is 16.6 Å². The van der Waals surface area contributed by atoms with Crippen molar-refractivity contribution >= 4 is 16.9 Å². The Morgan fingerprint density at radius 3 is 2.81 bits per heavy atom. The van der Waals surface area contributed by atoms with Crippen molar-refractivity contribution in [3.05, 3.63) is 77.6 Å². The molecule has 2 atom stereocenters. The van der Waals surface area contributed by atoms with Gasteiger partial charge in [-0.15, -0.1) is 0 Å². The van der Waals surface area contributed by atoms with E-state index in [-0.39, 0.29) is 36.6 Å². The molecular weight excluding hydrogens is 413 g/mol. The number of benzene rings is 2. The number of para-hydroxylation sites is 2. The first-order chi connectivity index (χ1) is 15.6. The second kappa shape index (κ2) is 10.4. The predicted octanol–water partition coefficient (Wildman–Crippen LogP) is 3.52. The molecule has 3 aromatic rings. The molecule has 0 unspecified atom stereocenters. The van der Waals surface area contributed by atoms with E-state index in [2.05, 4.69) is 15.3 Å². The van der Waals surface area contributed by atoms with E-state index in [1.807, 2.05) is 24.3 Å². The molecule has 8 heteroatoms. The number of aromatic nitrogens is 2. The summed E-state index contributed by atoms with van der Waals surface area (Å²) in [7, 11) is 0. The van der Waals surface area contributed by atoms with Crippen LogP contribution in [0, 0.1) is 5.82 Å². The zero-order valence-electron chi connectivity index (χ0n) is 17.6. The number of ether oxygens (including phenoxy) is 2. The van der Waals surface area contributed by atoms with Gasteiger partial charge >= 0.3 is 0 Å². The van der Waals surface area contributed by atoms with Crippen LogP contribution in [-0.2, 0) is 20.8 Å². The number of hydrogen-bond donors (Lipinski definition) is 3. The van der Waals surface area contributed by atoms with Gasteiger partial charge in [0.15, 0.2) is 5.76 Å². The molecule has 2 aromatic carbocycles. The van der Waals surface area contributed by atoms with E-state index >= 15 is 0 Å². The zero-order chi connectivity index (χ0) is 22.3. The summed E-state index contributed by atoms with van der Waals surface area (Å²) >= 11 is 0. The summed E-state index contributed by atoms with van der Waals surface area (Å²) in [6.45, 7) is 0.731. The Hall–Kier alpha value is -3.23. The van der Waals surface area contributed by atoms with Gasteiger partial charge < -0.3 is 24.9 Å². The topological polar surface area (TPSA) is 96.5 Å². The molecule has 0 saturated heterocycles. The molecule has 2 heterocycles. The number of nitrogens with one attached hydrogen (secondary N) is 2. The Morgan fingerprint density at radius 2 is 2.03 bits per heavy atom. The van der Waals surface area contributed by atoms with Gasteiger partial charge in [0, 0.05) is 18.9 Å². The number of imidazole rings is 1. The van der Waals surface area contributed by atoms with Gasteiger partial charge in [0.05, 0.1) is 24.2 Å². The third-order valence-electron chi connectivity index (χ3n) is 5.29. The minimum atomic E-state index is -0.610. The van der Waals surface area contributed by atoms with Crippen molar-refractivity contribution in [3.8, 4) is 0 Å². The van der Waals surface area contributed by atoms with Crippen LogP contribution >= 0.6 is 0 Å². The molecular formula is C24H26FN3O4. The summed E-state index contributed by atoms with van der Waals surface area (Å²) < 4.78 is 25.0. The van der Waals surface area contributed by atoms with E-state index < -0.39 is 6.29 Å². The van der Waals surface area contributed by atoms with Crippen LogP contribution < -0.4 is 5.32 Å². The number of amides is 1. The van der Waals surface area contributed by atoms with Crippen molar-refractivity contribution in [2.24, 2.45) is 0 Å². The number of halogens is 1. The van der Waals surface area contributed by atoms with Gasteiger partial charge in [-0.05, 0) is 48.7 Å². The summed E-state index contributed by atoms with van der Waals surface area (Å²) in [5.74, 6) is -0.0394. The average molecular weight is 439 g/mol. The second-order valence-corrected chi connectivity index (χ2v) is 7.66. The number of rotatable bonds is 9. The van der Waals surface area contributed by atoms with Gasteiger partial charge in [-0.2, -0.15) is 0 Å². The Bertz CT molecular complexity index is 1050. The van der Waals surface area contributed by atoms with Gasteiger partial charge in [0.2, 0.25) is 6.29 Å². The lowest BCUT2D eigenvalue weighted by Gasteiger charge is -2.29. The van der Waals surface area contributed by atoms with Crippen molar-refractivity contribution in [2.75, 3.05) is 13.2 Å². The molecule has 0 saturated carbocycles. The average Bonchev–Trinajstić information content (AvgIpc) is 3.24. The van der Waals surface area contributed by atoms with Crippen LogP contribution in [0.2, 0.25) is 0 Å². The number of allylic oxidation sites excluding steroid dienone is 1.